The van der Waals surface area contributed by atoms with Gasteiger partial charge in [0, 0.05) is 31.9 Å². The van der Waals surface area contributed by atoms with Crippen LogP contribution in [0.25, 0.3) is 0 Å². The van der Waals surface area contributed by atoms with E-state index in [-0.39, 0.29) is 12.0 Å². The third kappa shape index (κ3) is 5.59. The number of nitrogens with two attached hydrogens (primary N) is 1. The quantitative estimate of drug-likeness (QED) is 0.788. The number of anilines is 1. The van der Waals surface area contributed by atoms with Crippen LogP contribution in [0.2, 0.25) is 0 Å². The van der Waals surface area contributed by atoms with Crippen molar-refractivity contribution < 1.29 is 9.53 Å². The van der Waals surface area contributed by atoms with E-state index < -0.39 is 0 Å². The number of nitrogens with one attached hydrogen (secondary N) is 1. The van der Waals surface area contributed by atoms with Crippen LogP contribution in [0.3, 0.4) is 0 Å². The maximum absolute atomic E-state index is 12.1. The Morgan fingerprint density at radius 2 is 1.96 bits per heavy atom. The Balaban J connectivity index is 1.44. The summed E-state index contributed by atoms with van der Waals surface area (Å²) in [6, 6.07) is 17.8. The number of hydrogen-bond donors (Lipinski definition) is 2. The fourth-order valence-corrected chi connectivity index (χ4v) is 3.07. The van der Waals surface area contributed by atoms with Crippen molar-refractivity contribution in [1.82, 2.24) is 10.2 Å². The molecule has 1 aliphatic rings. The summed E-state index contributed by atoms with van der Waals surface area (Å²) in [5, 5.41) is 2.97. The fraction of sp³-hybridized carbons (Fsp3) is 0.350. The monoisotopic (exact) mass is 339 g/mol. The van der Waals surface area contributed by atoms with Gasteiger partial charge in [0.1, 0.15) is 0 Å². The summed E-state index contributed by atoms with van der Waals surface area (Å²) in [5.41, 5.74) is 8.65. The molecule has 1 heterocycles. The normalized spacial score (nSPS) is 18.0. The third-order valence-corrected chi connectivity index (χ3v) is 4.31. The molecule has 1 atom stereocenters. The number of carbonyl (C=O) groups is 1. The summed E-state index contributed by atoms with van der Waals surface area (Å²) in [4.78, 5) is 14.5. The minimum atomic E-state index is -0.00520. The summed E-state index contributed by atoms with van der Waals surface area (Å²) in [5.74, 6) is -0.00520. The lowest BCUT2D eigenvalue weighted by Crippen LogP contribution is -2.47. The number of nitrogens with zero attached hydrogens (tertiary/aromatic N) is 1. The van der Waals surface area contributed by atoms with Crippen LogP contribution in [0.4, 0.5) is 5.69 Å². The molecule has 1 unspecified atom stereocenters. The third-order valence-electron chi connectivity index (χ3n) is 4.31. The molecular weight excluding hydrogens is 314 g/mol. The molecule has 5 heteroatoms. The van der Waals surface area contributed by atoms with Gasteiger partial charge in [-0.15, -0.1) is 0 Å². The zero-order chi connectivity index (χ0) is 17.5. The summed E-state index contributed by atoms with van der Waals surface area (Å²) < 4.78 is 5.79. The Kier molecular flexibility index (Phi) is 6.04. The van der Waals surface area contributed by atoms with Crippen molar-refractivity contribution in [2.45, 2.75) is 19.1 Å². The molecule has 3 rings (SSSR count). The number of benzene rings is 2. The molecule has 1 saturated heterocycles. The molecule has 3 N–H and O–H groups in total. The number of hydrogen-bond acceptors (Lipinski definition) is 4. The van der Waals surface area contributed by atoms with E-state index in [9.17, 15) is 4.79 Å². The molecule has 1 aliphatic heterocycles. The Morgan fingerprint density at radius 3 is 2.76 bits per heavy atom. The maximum Gasteiger partial charge on any atom is 0.224 e. The number of carbonyl (C=O) groups excluding carboxylic acids is 1. The smallest absolute Gasteiger partial charge is 0.224 e. The van der Waals surface area contributed by atoms with Crippen LogP contribution >= 0.6 is 0 Å². The van der Waals surface area contributed by atoms with E-state index >= 15 is 0 Å². The van der Waals surface area contributed by atoms with Gasteiger partial charge >= 0.3 is 0 Å². The molecule has 0 spiro atoms. The molecule has 2 aromatic carbocycles. The zero-order valence-electron chi connectivity index (χ0n) is 14.4. The predicted molar refractivity (Wildman–Crippen MR) is 99.0 cm³/mol. The average Bonchev–Trinajstić information content (AvgIpc) is 2.61. The van der Waals surface area contributed by atoms with Gasteiger partial charge in [-0.1, -0.05) is 42.5 Å². The van der Waals surface area contributed by atoms with E-state index in [0.29, 0.717) is 25.3 Å². The number of amides is 1. The van der Waals surface area contributed by atoms with E-state index in [1.54, 1.807) is 0 Å². The van der Waals surface area contributed by atoms with Crippen LogP contribution in [0.15, 0.2) is 54.6 Å². The van der Waals surface area contributed by atoms with E-state index in [0.717, 1.165) is 25.2 Å². The second-order valence-corrected chi connectivity index (χ2v) is 6.44. The minimum Gasteiger partial charge on any atom is -0.399 e. The molecule has 0 saturated carbocycles. The van der Waals surface area contributed by atoms with E-state index in [4.69, 9.17) is 10.5 Å². The molecule has 0 aliphatic carbocycles. The molecule has 0 radical (unpaired) electrons. The highest BCUT2D eigenvalue weighted by Gasteiger charge is 2.21. The highest BCUT2D eigenvalue weighted by molar-refractivity contribution is 5.78. The second-order valence-electron chi connectivity index (χ2n) is 6.44. The number of ether oxygens (including phenoxy) is 1. The Hall–Kier alpha value is -2.37. The van der Waals surface area contributed by atoms with Crippen molar-refractivity contribution in [2.75, 3.05) is 32.0 Å². The Bertz CT molecular complexity index is 690. The summed E-state index contributed by atoms with van der Waals surface area (Å²) in [6.07, 6.45) is 0.369. The van der Waals surface area contributed by atoms with Gasteiger partial charge in [-0.3, -0.25) is 9.69 Å². The number of morpholine rings is 1. The van der Waals surface area contributed by atoms with Crippen molar-refractivity contribution in [3.63, 3.8) is 0 Å². The van der Waals surface area contributed by atoms with Crippen LogP contribution in [0, 0.1) is 0 Å². The van der Waals surface area contributed by atoms with Gasteiger partial charge in [0.25, 0.3) is 0 Å². The molecule has 1 fully saturated rings. The van der Waals surface area contributed by atoms with Crippen molar-refractivity contribution >= 4 is 11.6 Å². The van der Waals surface area contributed by atoms with Crippen molar-refractivity contribution in [1.29, 1.82) is 0 Å². The molecule has 0 bridgehead atoms. The van der Waals surface area contributed by atoms with Gasteiger partial charge in [0.15, 0.2) is 0 Å². The molecule has 132 valence electrons. The van der Waals surface area contributed by atoms with Gasteiger partial charge in [-0.05, 0) is 23.3 Å². The molecule has 2 aromatic rings. The second kappa shape index (κ2) is 8.65. The SMILES string of the molecule is Nc1cccc(CC(=O)NCC2CN(Cc3ccccc3)CCO2)c1. The largest absolute Gasteiger partial charge is 0.399 e. The van der Waals surface area contributed by atoms with Crippen LogP contribution in [-0.2, 0) is 22.5 Å². The van der Waals surface area contributed by atoms with Gasteiger partial charge in [-0.2, -0.15) is 0 Å². The summed E-state index contributed by atoms with van der Waals surface area (Å²) in [6.45, 7) is 3.89. The van der Waals surface area contributed by atoms with Crippen LogP contribution < -0.4 is 11.1 Å². The maximum atomic E-state index is 12.1. The Morgan fingerprint density at radius 1 is 1.16 bits per heavy atom. The van der Waals surface area contributed by atoms with Crippen molar-refractivity contribution in [2.24, 2.45) is 0 Å². The topological polar surface area (TPSA) is 67.6 Å². The van der Waals surface area contributed by atoms with Gasteiger partial charge in [0.05, 0.1) is 19.1 Å². The zero-order valence-corrected chi connectivity index (χ0v) is 14.4. The van der Waals surface area contributed by atoms with E-state index in [2.05, 4.69) is 34.5 Å². The number of rotatable bonds is 6. The lowest BCUT2D eigenvalue weighted by Gasteiger charge is -2.33. The van der Waals surface area contributed by atoms with Crippen LogP contribution in [0.5, 0.6) is 0 Å². The number of nitrogen functional groups attached to an aromatic ring is 1. The highest BCUT2D eigenvalue weighted by atomic mass is 16.5. The lowest BCUT2D eigenvalue weighted by molar-refractivity contribution is -0.121. The first-order valence-electron chi connectivity index (χ1n) is 8.68. The first-order valence-corrected chi connectivity index (χ1v) is 8.68. The minimum absolute atomic E-state index is 0.00520. The highest BCUT2D eigenvalue weighted by Crippen LogP contribution is 2.10. The first-order chi connectivity index (χ1) is 12.2. The van der Waals surface area contributed by atoms with Crippen molar-refractivity contribution in [3.8, 4) is 0 Å². The Labute approximate surface area is 148 Å². The molecular formula is C20H25N3O2. The molecule has 0 aromatic heterocycles. The van der Waals surface area contributed by atoms with E-state index in [1.165, 1.54) is 5.56 Å². The van der Waals surface area contributed by atoms with Crippen molar-refractivity contribution in [3.05, 3.63) is 65.7 Å². The first kappa shape index (κ1) is 17.5. The predicted octanol–water partition coefficient (Wildman–Crippen LogP) is 1.83. The van der Waals surface area contributed by atoms with Crippen LogP contribution in [0.1, 0.15) is 11.1 Å². The van der Waals surface area contributed by atoms with Crippen LogP contribution in [-0.4, -0.2) is 43.2 Å². The molecule has 25 heavy (non-hydrogen) atoms. The van der Waals surface area contributed by atoms with Gasteiger partial charge in [0.2, 0.25) is 5.91 Å². The van der Waals surface area contributed by atoms with Gasteiger partial charge in [-0.25, -0.2) is 0 Å². The molecule has 5 nitrogen and oxygen atoms in total. The summed E-state index contributed by atoms with van der Waals surface area (Å²) in [7, 11) is 0. The average molecular weight is 339 g/mol. The standard InChI is InChI=1S/C20H25N3O2/c21-18-8-4-7-17(11-18)12-20(24)22-13-19-15-23(9-10-25-19)14-16-5-2-1-3-6-16/h1-8,11,19H,9-10,12-15,21H2,(H,22,24). The summed E-state index contributed by atoms with van der Waals surface area (Å²) >= 11 is 0. The van der Waals surface area contributed by atoms with Gasteiger partial charge < -0.3 is 15.8 Å². The lowest BCUT2D eigenvalue weighted by atomic mass is 10.1. The fourth-order valence-electron chi connectivity index (χ4n) is 3.07. The molecule has 1 amide bonds. The van der Waals surface area contributed by atoms with E-state index in [1.807, 2.05) is 30.3 Å².